The van der Waals surface area contributed by atoms with Crippen LogP contribution >= 0.6 is 23.4 Å². The number of nitrogens with one attached hydrogen (secondary N) is 1. The summed E-state index contributed by atoms with van der Waals surface area (Å²) in [5.74, 6) is -0.469. The van der Waals surface area contributed by atoms with Crippen LogP contribution in [0.1, 0.15) is 12.0 Å². The van der Waals surface area contributed by atoms with Gasteiger partial charge in [0.25, 0.3) is 5.91 Å². The number of thioether (sulfide) groups is 1. The average molecular weight is 361 g/mol. The van der Waals surface area contributed by atoms with E-state index in [0.29, 0.717) is 10.7 Å². The van der Waals surface area contributed by atoms with Crippen molar-refractivity contribution in [1.29, 1.82) is 0 Å². The fourth-order valence-electron chi connectivity index (χ4n) is 2.75. The highest BCUT2D eigenvalue weighted by Gasteiger charge is 2.40. The van der Waals surface area contributed by atoms with E-state index in [2.05, 4.69) is 5.32 Å². The molecule has 0 unspecified atom stereocenters. The van der Waals surface area contributed by atoms with Crippen LogP contribution in [0.25, 0.3) is 0 Å². The summed E-state index contributed by atoms with van der Waals surface area (Å²) in [5.41, 5.74) is 2.11. The van der Waals surface area contributed by atoms with Crippen molar-refractivity contribution in [2.75, 3.05) is 16.5 Å². The molecule has 0 aliphatic carbocycles. The number of imide groups is 1. The van der Waals surface area contributed by atoms with Crippen molar-refractivity contribution in [1.82, 2.24) is 0 Å². The summed E-state index contributed by atoms with van der Waals surface area (Å²) in [7, 11) is 0. The summed E-state index contributed by atoms with van der Waals surface area (Å²) in [6.07, 6.45) is 2.13. The Kier molecular flexibility index (Phi) is 4.83. The lowest BCUT2D eigenvalue weighted by Crippen LogP contribution is -2.35. The van der Waals surface area contributed by atoms with Gasteiger partial charge in [0.15, 0.2) is 0 Å². The lowest BCUT2D eigenvalue weighted by Gasteiger charge is -2.18. The molecule has 1 heterocycles. The molecular formula is C18H17ClN2O2S. The molecule has 1 atom stereocenters. The highest BCUT2D eigenvalue weighted by Crippen LogP contribution is 2.31. The van der Waals surface area contributed by atoms with E-state index in [0.717, 1.165) is 16.1 Å². The van der Waals surface area contributed by atoms with Gasteiger partial charge in [0.05, 0.1) is 12.1 Å². The van der Waals surface area contributed by atoms with Gasteiger partial charge in [0.1, 0.15) is 6.04 Å². The second-order valence-corrected chi connectivity index (χ2v) is 6.87. The first kappa shape index (κ1) is 16.9. The van der Waals surface area contributed by atoms with Crippen molar-refractivity contribution in [2.45, 2.75) is 24.3 Å². The Morgan fingerprint density at radius 1 is 1.21 bits per heavy atom. The summed E-state index contributed by atoms with van der Waals surface area (Å²) in [6.45, 7) is 1.81. The lowest BCUT2D eigenvalue weighted by molar-refractivity contribution is -0.121. The van der Waals surface area contributed by atoms with Gasteiger partial charge in [-0.2, -0.15) is 0 Å². The highest BCUT2D eigenvalue weighted by molar-refractivity contribution is 7.98. The fourth-order valence-corrected chi connectivity index (χ4v) is 3.38. The topological polar surface area (TPSA) is 49.4 Å². The molecule has 1 saturated heterocycles. The second-order valence-electron chi connectivity index (χ2n) is 5.58. The fraction of sp³-hybridized carbons (Fsp3) is 0.222. The first-order chi connectivity index (χ1) is 11.5. The molecule has 1 fully saturated rings. The smallest absolute Gasteiger partial charge is 0.256 e. The number of hydrogen-bond donors (Lipinski definition) is 1. The third-order valence-corrected chi connectivity index (χ3v) is 5.17. The third kappa shape index (κ3) is 3.14. The van der Waals surface area contributed by atoms with Gasteiger partial charge in [0.2, 0.25) is 5.91 Å². The Morgan fingerprint density at radius 2 is 1.96 bits per heavy atom. The molecule has 1 aliphatic rings. The number of benzene rings is 2. The van der Waals surface area contributed by atoms with Crippen molar-refractivity contribution in [3.8, 4) is 0 Å². The SMILES string of the molecule is CSc1cccc(N[C@@H]2CC(=O)N(c3cccc(Cl)c3C)C2=O)c1. The molecule has 4 nitrogen and oxygen atoms in total. The van der Waals surface area contributed by atoms with Gasteiger partial charge < -0.3 is 5.32 Å². The molecule has 0 aromatic heterocycles. The highest BCUT2D eigenvalue weighted by atomic mass is 35.5. The molecular weight excluding hydrogens is 344 g/mol. The molecule has 2 aromatic rings. The number of halogens is 1. The van der Waals surface area contributed by atoms with Crippen LogP contribution in [0.4, 0.5) is 11.4 Å². The van der Waals surface area contributed by atoms with Crippen LogP contribution in [-0.2, 0) is 9.59 Å². The zero-order valence-corrected chi connectivity index (χ0v) is 14.9. The van der Waals surface area contributed by atoms with Crippen LogP contribution in [0.15, 0.2) is 47.4 Å². The molecule has 1 N–H and O–H groups in total. The average Bonchev–Trinajstić information content (AvgIpc) is 2.84. The minimum absolute atomic E-state index is 0.133. The predicted molar refractivity (Wildman–Crippen MR) is 98.9 cm³/mol. The maximum atomic E-state index is 12.7. The van der Waals surface area contributed by atoms with Gasteiger partial charge in [-0.1, -0.05) is 23.7 Å². The Labute approximate surface area is 150 Å². The zero-order valence-electron chi connectivity index (χ0n) is 13.4. The van der Waals surface area contributed by atoms with E-state index in [1.54, 1.807) is 36.9 Å². The number of anilines is 2. The molecule has 0 bridgehead atoms. The third-order valence-electron chi connectivity index (χ3n) is 4.04. The molecule has 3 rings (SSSR count). The maximum Gasteiger partial charge on any atom is 0.256 e. The molecule has 0 saturated carbocycles. The Bertz CT molecular complexity index is 809. The molecule has 124 valence electrons. The van der Waals surface area contributed by atoms with E-state index in [1.807, 2.05) is 30.5 Å². The monoisotopic (exact) mass is 360 g/mol. The maximum absolute atomic E-state index is 12.7. The van der Waals surface area contributed by atoms with Gasteiger partial charge in [-0.3, -0.25) is 9.59 Å². The first-order valence-corrected chi connectivity index (χ1v) is 9.14. The molecule has 6 heteroatoms. The van der Waals surface area contributed by atoms with Crippen molar-refractivity contribution >= 4 is 46.6 Å². The van der Waals surface area contributed by atoms with Crippen molar-refractivity contribution in [2.24, 2.45) is 0 Å². The standard InChI is InChI=1S/C18H17ClN2O2S/c1-11-14(19)7-4-8-16(11)21-17(22)10-15(18(21)23)20-12-5-3-6-13(9-12)24-2/h3-9,15,20H,10H2,1-2H3/t15-/m1/s1. The molecule has 0 radical (unpaired) electrons. The Balaban J connectivity index is 1.85. The molecule has 0 spiro atoms. The second kappa shape index (κ2) is 6.87. The summed E-state index contributed by atoms with van der Waals surface area (Å²) in [4.78, 5) is 27.5. The molecule has 24 heavy (non-hydrogen) atoms. The van der Waals surface area contributed by atoms with E-state index in [-0.39, 0.29) is 18.2 Å². The van der Waals surface area contributed by atoms with Crippen molar-refractivity contribution in [3.63, 3.8) is 0 Å². The number of hydrogen-bond acceptors (Lipinski definition) is 4. The molecule has 1 aliphatic heterocycles. The van der Waals surface area contributed by atoms with Crippen LogP contribution in [-0.4, -0.2) is 24.1 Å². The first-order valence-electron chi connectivity index (χ1n) is 7.53. The molecule has 2 aromatic carbocycles. The number of amides is 2. The predicted octanol–water partition coefficient (Wildman–Crippen LogP) is 4.11. The summed E-state index contributed by atoms with van der Waals surface area (Å²) >= 11 is 7.75. The van der Waals surface area contributed by atoms with E-state index in [1.165, 1.54) is 4.90 Å². The zero-order chi connectivity index (χ0) is 17.3. The molecule has 2 amide bonds. The number of carbonyl (C=O) groups excluding carboxylic acids is 2. The normalized spacial score (nSPS) is 17.5. The number of carbonyl (C=O) groups is 2. The summed E-state index contributed by atoms with van der Waals surface area (Å²) < 4.78 is 0. The number of rotatable bonds is 4. The van der Waals surface area contributed by atoms with Gasteiger partial charge in [0, 0.05) is 15.6 Å². The van der Waals surface area contributed by atoms with Crippen LogP contribution in [0.3, 0.4) is 0 Å². The van der Waals surface area contributed by atoms with Gasteiger partial charge in [-0.25, -0.2) is 4.90 Å². The van der Waals surface area contributed by atoms with E-state index in [4.69, 9.17) is 11.6 Å². The van der Waals surface area contributed by atoms with Gasteiger partial charge in [-0.15, -0.1) is 11.8 Å². The largest absolute Gasteiger partial charge is 0.373 e. The van der Waals surface area contributed by atoms with Crippen molar-refractivity contribution < 1.29 is 9.59 Å². The lowest BCUT2D eigenvalue weighted by atomic mass is 10.2. The van der Waals surface area contributed by atoms with E-state index < -0.39 is 6.04 Å². The number of nitrogens with zero attached hydrogens (tertiary/aromatic N) is 1. The van der Waals surface area contributed by atoms with E-state index in [9.17, 15) is 9.59 Å². The summed E-state index contributed by atoms with van der Waals surface area (Å²) in [5, 5.41) is 3.71. The quantitative estimate of drug-likeness (QED) is 0.658. The summed E-state index contributed by atoms with van der Waals surface area (Å²) in [6, 6.07) is 12.5. The Hall–Kier alpha value is -1.98. The minimum Gasteiger partial charge on any atom is -0.373 e. The van der Waals surface area contributed by atoms with Crippen molar-refractivity contribution in [3.05, 3.63) is 53.1 Å². The van der Waals surface area contributed by atoms with Crippen LogP contribution < -0.4 is 10.2 Å². The van der Waals surface area contributed by atoms with Crippen LogP contribution in [0, 0.1) is 6.92 Å². The Morgan fingerprint density at radius 3 is 2.71 bits per heavy atom. The van der Waals surface area contributed by atoms with E-state index >= 15 is 0 Å². The van der Waals surface area contributed by atoms with Crippen LogP contribution in [0.2, 0.25) is 5.02 Å². The minimum atomic E-state index is -0.562. The van der Waals surface area contributed by atoms with Crippen LogP contribution in [0.5, 0.6) is 0 Å². The van der Waals surface area contributed by atoms with Gasteiger partial charge >= 0.3 is 0 Å². The van der Waals surface area contributed by atoms with Gasteiger partial charge in [-0.05, 0) is 49.1 Å².